The Labute approximate surface area is 125 Å². The van der Waals surface area contributed by atoms with E-state index in [4.69, 9.17) is 4.74 Å². The molecule has 19 heavy (non-hydrogen) atoms. The van der Waals surface area contributed by atoms with E-state index in [1.54, 1.807) is 18.4 Å². The lowest BCUT2D eigenvalue weighted by molar-refractivity contribution is 0.414. The van der Waals surface area contributed by atoms with Gasteiger partial charge in [0.2, 0.25) is 0 Å². The van der Waals surface area contributed by atoms with Gasteiger partial charge in [0, 0.05) is 4.70 Å². The average Bonchev–Trinajstić information content (AvgIpc) is 2.90. The molecule has 0 N–H and O–H groups in total. The quantitative estimate of drug-likeness (QED) is 0.584. The van der Waals surface area contributed by atoms with Crippen LogP contribution in [0.15, 0.2) is 53.9 Å². The lowest BCUT2D eigenvalue weighted by atomic mass is 10.0. The number of halogens is 1. The molecule has 2 aromatic carbocycles. The van der Waals surface area contributed by atoms with Crippen LogP contribution in [0.1, 0.15) is 16.0 Å². The molecule has 1 aromatic heterocycles. The maximum absolute atomic E-state index is 5.20. The Morgan fingerprint density at radius 1 is 1.05 bits per heavy atom. The number of ether oxygens (including phenoxy) is 1. The van der Waals surface area contributed by atoms with E-state index in [9.17, 15) is 0 Å². The monoisotopic (exact) mass is 332 g/mol. The predicted octanol–water partition coefficient (Wildman–Crippen LogP) is 5.39. The Balaban J connectivity index is 2.00. The molecule has 0 saturated carbocycles. The molecular formula is C16H13BrOS. The minimum atomic E-state index is 0.217. The van der Waals surface area contributed by atoms with Crippen LogP contribution in [0.5, 0.6) is 5.75 Å². The van der Waals surface area contributed by atoms with Gasteiger partial charge in [-0.1, -0.05) is 46.3 Å². The van der Waals surface area contributed by atoms with Gasteiger partial charge < -0.3 is 4.74 Å². The SMILES string of the molecule is COc1ccc(C(Br)c2csc3ccccc23)cc1. The Morgan fingerprint density at radius 2 is 1.79 bits per heavy atom. The van der Waals surface area contributed by atoms with Gasteiger partial charge in [-0.25, -0.2) is 0 Å². The molecule has 3 aromatic rings. The van der Waals surface area contributed by atoms with Crippen LogP contribution in [0, 0.1) is 0 Å². The molecule has 1 unspecified atom stereocenters. The summed E-state index contributed by atoms with van der Waals surface area (Å²) >= 11 is 5.60. The number of hydrogen-bond acceptors (Lipinski definition) is 2. The summed E-state index contributed by atoms with van der Waals surface area (Å²) in [5, 5.41) is 3.55. The molecule has 1 heterocycles. The van der Waals surface area contributed by atoms with Gasteiger partial charge in [0.05, 0.1) is 11.9 Å². The third-order valence-corrected chi connectivity index (χ3v) is 5.20. The highest BCUT2D eigenvalue weighted by molar-refractivity contribution is 9.09. The summed E-state index contributed by atoms with van der Waals surface area (Å²) in [6.45, 7) is 0. The van der Waals surface area contributed by atoms with E-state index in [2.05, 4.69) is 57.7 Å². The fourth-order valence-corrected chi connectivity index (χ4v) is 3.99. The van der Waals surface area contributed by atoms with Crippen molar-refractivity contribution in [1.29, 1.82) is 0 Å². The molecule has 0 fully saturated rings. The van der Waals surface area contributed by atoms with E-state index < -0.39 is 0 Å². The zero-order valence-electron chi connectivity index (χ0n) is 10.5. The minimum Gasteiger partial charge on any atom is -0.497 e. The Kier molecular flexibility index (Phi) is 3.58. The molecule has 0 aliphatic heterocycles. The lowest BCUT2D eigenvalue weighted by Gasteiger charge is -2.10. The van der Waals surface area contributed by atoms with Crippen LogP contribution in [-0.2, 0) is 0 Å². The standard InChI is InChI=1S/C16H13BrOS/c1-18-12-8-6-11(7-9-12)16(17)14-10-19-15-5-3-2-4-13(14)15/h2-10,16H,1H3. The summed E-state index contributed by atoms with van der Waals surface area (Å²) in [5.74, 6) is 0.888. The van der Waals surface area contributed by atoms with Crippen molar-refractivity contribution in [2.75, 3.05) is 7.11 Å². The fourth-order valence-electron chi connectivity index (χ4n) is 2.15. The zero-order chi connectivity index (χ0) is 13.2. The molecule has 1 nitrogen and oxygen atoms in total. The number of thiophene rings is 1. The first-order chi connectivity index (χ1) is 9.29. The van der Waals surface area contributed by atoms with Crippen LogP contribution in [0.3, 0.4) is 0 Å². The van der Waals surface area contributed by atoms with Gasteiger partial charge >= 0.3 is 0 Å². The van der Waals surface area contributed by atoms with E-state index in [0.717, 1.165) is 5.75 Å². The number of alkyl halides is 1. The molecule has 0 spiro atoms. The van der Waals surface area contributed by atoms with Gasteiger partial charge in [-0.3, -0.25) is 0 Å². The van der Waals surface area contributed by atoms with Crippen LogP contribution in [0.25, 0.3) is 10.1 Å². The number of fused-ring (bicyclic) bond motifs is 1. The van der Waals surface area contributed by atoms with E-state index >= 15 is 0 Å². The second kappa shape index (κ2) is 5.35. The average molecular weight is 333 g/mol. The highest BCUT2D eigenvalue weighted by Crippen LogP contribution is 2.38. The van der Waals surface area contributed by atoms with E-state index in [-0.39, 0.29) is 4.83 Å². The number of hydrogen-bond donors (Lipinski definition) is 0. The lowest BCUT2D eigenvalue weighted by Crippen LogP contribution is -1.91. The molecule has 0 aliphatic carbocycles. The van der Waals surface area contributed by atoms with Crippen LogP contribution in [0.4, 0.5) is 0 Å². The largest absolute Gasteiger partial charge is 0.497 e. The molecule has 0 radical (unpaired) electrons. The molecule has 1 atom stereocenters. The van der Waals surface area contributed by atoms with Gasteiger partial charge in [0.15, 0.2) is 0 Å². The van der Waals surface area contributed by atoms with Crippen molar-refractivity contribution in [1.82, 2.24) is 0 Å². The minimum absolute atomic E-state index is 0.217. The first-order valence-corrected chi connectivity index (χ1v) is 7.83. The zero-order valence-corrected chi connectivity index (χ0v) is 12.9. The maximum atomic E-state index is 5.20. The number of rotatable bonds is 3. The van der Waals surface area contributed by atoms with Gasteiger partial charge in [-0.2, -0.15) is 0 Å². The summed E-state index contributed by atoms with van der Waals surface area (Å²) in [5.41, 5.74) is 2.56. The Hall–Kier alpha value is -1.32. The van der Waals surface area contributed by atoms with Crippen molar-refractivity contribution in [3.8, 4) is 5.75 Å². The van der Waals surface area contributed by atoms with E-state index in [0.29, 0.717) is 0 Å². The van der Waals surface area contributed by atoms with Crippen LogP contribution in [-0.4, -0.2) is 7.11 Å². The van der Waals surface area contributed by atoms with Crippen LogP contribution in [0.2, 0.25) is 0 Å². The summed E-state index contributed by atoms with van der Waals surface area (Å²) in [6.07, 6.45) is 0. The van der Waals surface area contributed by atoms with Crippen molar-refractivity contribution >= 4 is 37.4 Å². The number of benzene rings is 2. The normalized spacial score (nSPS) is 12.5. The highest BCUT2D eigenvalue weighted by Gasteiger charge is 2.14. The second-order valence-corrected chi connectivity index (χ2v) is 6.15. The molecule has 0 aliphatic rings. The predicted molar refractivity (Wildman–Crippen MR) is 85.6 cm³/mol. The van der Waals surface area contributed by atoms with Crippen molar-refractivity contribution in [3.63, 3.8) is 0 Å². The van der Waals surface area contributed by atoms with Crippen molar-refractivity contribution in [3.05, 3.63) is 65.0 Å². The third-order valence-electron chi connectivity index (χ3n) is 3.19. The van der Waals surface area contributed by atoms with Crippen LogP contribution < -0.4 is 4.74 Å². The van der Waals surface area contributed by atoms with E-state index in [1.807, 2.05) is 12.1 Å². The smallest absolute Gasteiger partial charge is 0.118 e. The molecule has 3 rings (SSSR count). The molecule has 3 heteroatoms. The van der Waals surface area contributed by atoms with Gasteiger partial charge in [0.1, 0.15) is 5.75 Å². The first-order valence-electron chi connectivity index (χ1n) is 6.04. The first kappa shape index (κ1) is 12.7. The van der Waals surface area contributed by atoms with Gasteiger partial charge in [-0.15, -0.1) is 11.3 Å². The highest BCUT2D eigenvalue weighted by atomic mass is 79.9. The van der Waals surface area contributed by atoms with Crippen molar-refractivity contribution < 1.29 is 4.74 Å². The van der Waals surface area contributed by atoms with Crippen molar-refractivity contribution in [2.45, 2.75) is 4.83 Å². The maximum Gasteiger partial charge on any atom is 0.118 e. The topological polar surface area (TPSA) is 9.23 Å². The molecular weight excluding hydrogens is 320 g/mol. The summed E-state index contributed by atoms with van der Waals surface area (Å²) in [7, 11) is 1.69. The molecule has 0 saturated heterocycles. The van der Waals surface area contributed by atoms with Gasteiger partial charge in [-0.05, 0) is 40.1 Å². The third kappa shape index (κ3) is 2.40. The Morgan fingerprint density at radius 3 is 2.53 bits per heavy atom. The summed E-state index contributed by atoms with van der Waals surface area (Å²) < 4.78 is 6.53. The molecule has 0 amide bonds. The summed E-state index contributed by atoms with van der Waals surface area (Å²) in [4.78, 5) is 0.217. The molecule has 0 bridgehead atoms. The van der Waals surface area contributed by atoms with Gasteiger partial charge in [0.25, 0.3) is 0 Å². The molecule has 96 valence electrons. The van der Waals surface area contributed by atoms with Crippen molar-refractivity contribution in [2.24, 2.45) is 0 Å². The second-order valence-electron chi connectivity index (χ2n) is 4.32. The van der Waals surface area contributed by atoms with E-state index in [1.165, 1.54) is 21.2 Å². The van der Waals surface area contributed by atoms with Crippen LogP contribution >= 0.6 is 27.3 Å². The summed E-state index contributed by atoms with van der Waals surface area (Å²) in [6, 6.07) is 16.7. The fraction of sp³-hybridized carbons (Fsp3) is 0.125. The number of methoxy groups -OCH3 is 1. The Bertz CT molecular complexity index is 687.